The summed E-state index contributed by atoms with van der Waals surface area (Å²) >= 11 is 5.93. The molecule has 0 aromatic heterocycles. The van der Waals surface area contributed by atoms with Gasteiger partial charge in [-0.3, -0.25) is 0 Å². The maximum atomic E-state index is 12.7. The number of halogens is 1. The summed E-state index contributed by atoms with van der Waals surface area (Å²) in [6.07, 6.45) is -0.204. The van der Waals surface area contributed by atoms with Gasteiger partial charge in [0.1, 0.15) is 6.10 Å². The Kier molecular flexibility index (Phi) is 5.98. The van der Waals surface area contributed by atoms with Crippen molar-refractivity contribution < 1.29 is 19.1 Å². The fraction of sp³-hybridized carbons (Fsp3) is 0.300. The van der Waals surface area contributed by atoms with E-state index in [1.807, 2.05) is 19.1 Å². The Labute approximate surface area is 163 Å². The normalized spacial score (nSPS) is 16.7. The molecule has 2 aromatic carbocycles. The number of hydrogen-bond acceptors (Lipinski definition) is 4. The lowest BCUT2D eigenvalue weighted by atomic mass is 10.1. The SMILES string of the molecule is COC(=O)c1ccc(C)c(NC(=O)N2CCO[C@H](c3ccc(Cl)cc3)C2)c1. The van der Waals surface area contributed by atoms with Gasteiger partial charge in [-0.1, -0.05) is 29.8 Å². The van der Waals surface area contributed by atoms with Gasteiger partial charge in [0.25, 0.3) is 0 Å². The van der Waals surface area contributed by atoms with E-state index in [4.69, 9.17) is 21.1 Å². The summed E-state index contributed by atoms with van der Waals surface area (Å²) < 4.78 is 10.5. The second-order valence-electron chi connectivity index (χ2n) is 6.31. The Morgan fingerprint density at radius 3 is 2.67 bits per heavy atom. The highest BCUT2D eigenvalue weighted by Crippen LogP contribution is 2.25. The Morgan fingerprint density at radius 1 is 1.22 bits per heavy atom. The van der Waals surface area contributed by atoms with E-state index < -0.39 is 5.97 Å². The number of urea groups is 1. The van der Waals surface area contributed by atoms with Crippen LogP contribution in [0.25, 0.3) is 0 Å². The number of amides is 2. The van der Waals surface area contributed by atoms with Crippen molar-refractivity contribution in [2.24, 2.45) is 0 Å². The first-order valence-corrected chi connectivity index (χ1v) is 8.97. The van der Waals surface area contributed by atoms with E-state index in [2.05, 4.69) is 5.32 Å². The molecule has 0 aliphatic carbocycles. The van der Waals surface area contributed by atoms with E-state index >= 15 is 0 Å². The third kappa shape index (κ3) is 4.59. The lowest BCUT2D eigenvalue weighted by Crippen LogP contribution is -2.44. The molecule has 1 atom stereocenters. The van der Waals surface area contributed by atoms with Crippen LogP contribution >= 0.6 is 11.6 Å². The first kappa shape index (κ1) is 19.2. The number of morpholine rings is 1. The number of rotatable bonds is 3. The molecule has 0 bridgehead atoms. The summed E-state index contributed by atoms with van der Waals surface area (Å²) in [4.78, 5) is 26.1. The Hall–Kier alpha value is -2.57. The molecule has 27 heavy (non-hydrogen) atoms. The number of methoxy groups -OCH3 is 1. The predicted molar refractivity (Wildman–Crippen MR) is 103 cm³/mol. The zero-order chi connectivity index (χ0) is 19.4. The minimum Gasteiger partial charge on any atom is -0.465 e. The summed E-state index contributed by atoms with van der Waals surface area (Å²) in [5.74, 6) is -0.445. The molecule has 0 saturated carbocycles. The number of hydrogen-bond donors (Lipinski definition) is 1. The van der Waals surface area contributed by atoms with Crippen LogP contribution in [-0.4, -0.2) is 43.7 Å². The molecule has 3 rings (SSSR count). The molecule has 6 nitrogen and oxygen atoms in total. The molecule has 1 fully saturated rings. The molecule has 142 valence electrons. The number of benzene rings is 2. The standard InChI is InChI=1S/C20H21ClN2O4/c1-13-3-4-15(19(24)26-2)11-17(13)22-20(25)23-9-10-27-18(12-23)14-5-7-16(21)8-6-14/h3-8,11,18H,9-10,12H2,1-2H3,(H,22,25)/t18-/m0/s1. The van der Waals surface area contributed by atoms with E-state index in [1.54, 1.807) is 35.2 Å². The number of carbonyl (C=O) groups is 2. The molecule has 2 aromatic rings. The zero-order valence-electron chi connectivity index (χ0n) is 15.2. The number of carbonyl (C=O) groups excluding carboxylic acids is 2. The van der Waals surface area contributed by atoms with Gasteiger partial charge in [0.15, 0.2) is 0 Å². The first-order valence-electron chi connectivity index (χ1n) is 8.60. The molecule has 0 radical (unpaired) electrons. The third-order valence-corrected chi connectivity index (χ3v) is 4.75. The average Bonchev–Trinajstić information content (AvgIpc) is 2.69. The fourth-order valence-electron chi connectivity index (χ4n) is 2.91. The van der Waals surface area contributed by atoms with Crippen LogP contribution in [0.2, 0.25) is 5.02 Å². The average molecular weight is 389 g/mol. The van der Waals surface area contributed by atoms with Crippen molar-refractivity contribution in [1.82, 2.24) is 4.90 Å². The monoisotopic (exact) mass is 388 g/mol. The van der Waals surface area contributed by atoms with Gasteiger partial charge in [-0.15, -0.1) is 0 Å². The highest BCUT2D eigenvalue weighted by atomic mass is 35.5. The van der Waals surface area contributed by atoms with Crippen molar-refractivity contribution in [1.29, 1.82) is 0 Å². The Balaban J connectivity index is 1.70. The van der Waals surface area contributed by atoms with Gasteiger partial charge in [-0.2, -0.15) is 0 Å². The molecule has 1 aliphatic rings. The molecule has 7 heteroatoms. The topological polar surface area (TPSA) is 67.9 Å². The van der Waals surface area contributed by atoms with Crippen LogP contribution in [-0.2, 0) is 9.47 Å². The molecule has 1 N–H and O–H groups in total. The van der Waals surface area contributed by atoms with Crippen molar-refractivity contribution in [3.63, 3.8) is 0 Å². The highest BCUT2D eigenvalue weighted by Gasteiger charge is 2.26. The molecule has 1 saturated heterocycles. The summed E-state index contributed by atoms with van der Waals surface area (Å²) in [5.41, 5.74) is 2.80. The van der Waals surface area contributed by atoms with E-state index in [-0.39, 0.29) is 12.1 Å². The van der Waals surface area contributed by atoms with Gasteiger partial charge in [-0.05, 0) is 42.3 Å². The largest absolute Gasteiger partial charge is 0.465 e. The molecular formula is C20H21ClN2O4. The Morgan fingerprint density at radius 2 is 1.96 bits per heavy atom. The number of esters is 1. The van der Waals surface area contributed by atoms with Gasteiger partial charge in [0, 0.05) is 17.3 Å². The quantitative estimate of drug-likeness (QED) is 0.806. The van der Waals surface area contributed by atoms with E-state index in [0.29, 0.717) is 36.0 Å². The maximum Gasteiger partial charge on any atom is 0.337 e. The van der Waals surface area contributed by atoms with Crippen LogP contribution in [0.1, 0.15) is 27.6 Å². The van der Waals surface area contributed by atoms with Crippen molar-refractivity contribution in [3.05, 3.63) is 64.2 Å². The fourth-order valence-corrected chi connectivity index (χ4v) is 3.03. The highest BCUT2D eigenvalue weighted by molar-refractivity contribution is 6.30. The van der Waals surface area contributed by atoms with Crippen molar-refractivity contribution >= 4 is 29.3 Å². The van der Waals surface area contributed by atoms with E-state index in [1.165, 1.54) is 7.11 Å². The second-order valence-corrected chi connectivity index (χ2v) is 6.74. The molecule has 1 heterocycles. The van der Waals surface area contributed by atoms with Gasteiger partial charge in [-0.25, -0.2) is 9.59 Å². The summed E-state index contributed by atoms with van der Waals surface area (Å²) in [6.45, 7) is 3.24. The predicted octanol–water partition coefficient (Wildman–Crippen LogP) is 4.04. The van der Waals surface area contributed by atoms with Crippen LogP contribution in [0.5, 0.6) is 0 Å². The Bertz CT molecular complexity index is 838. The minimum atomic E-state index is -0.445. The molecule has 2 amide bonds. The number of ether oxygens (including phenoxy) is 2. The first-order chi connectivity index (χ1) is 13.0. The molecule has 1 aliphatic heterocycles. The number of anilines is 1. The smallest absolute Gasteiger partial charge is 0.337 e. The molecule has 0 spiro atoms. The van der Waals surface area contributed by atoms with E-state index in [9.17, 15) is 9.59 Å². The molecule has 0 unspecified atom stereocenters. The van der Waals surface area contributed by atoms with Crippen LogP contribution < -0.4 is 5.32 Å². The minimum absolute atomic E-state index is 0.204. The van der Waals surface area contributed by atoms with Crippen molar-refractivity contribution in [2.75, 3.05) is 32.1 Å². The van der Waals surface area contributed by atoms with Crippen LogP contribution in [0.4, 0.5) is 10.5 Å². The third-order valence-electron chi connectivity index (χ3n) is 4.50. The lowest BCUT2D eigenvalue weighted by Gasteiger charge is -2.33. The second kappa shape index (κ2) is 8.41. The number of aryl methyl sites for hydroxylation is 1. The molecular weight excluding hydrogens is 368 g/mol. The summed E-state index contributed by atoms with van der Waals surface area (Å²) in [7, 11) is 1.32. The van der Waals surface area contributed by atoms with E-state index in [0.717, 1.165) is 11.1 Å². The summed E-state index contributed by atoms with van der Waals surface area (Å²) in [5, 5.41) is 3.54. The zero-order valence-corrected chi connectivity index (χ0v) is 16.0. The lowest BCUT2D eigenvalue weighted by molar-refractivity contribution is -0.0135. The van der Waals surface area contributed by atoms with Crippen LogP contribution in [0, 0.1) is 6.92 Å². The van der Waals surface area contributed by atoms with Crippen LogP contribution in [0.3, 0.4) is 0 Å². The van der Waals surface area contributed by atoms with Crippen molar-refractivity contribution in [2.45, 2.75) is 13.0 Å². The number of nitrogens with zero attached hydrogens (tertiary/aromatic N) is 1. The van der Waals surface area contributed by atoms with Crippen molar-refractivity contribution in [3.8, 4) is 0 Å². The maximum absolute atomic E-state index is 12.7. The van der Waals surface area contributed by atoms with Crippen LogP contribution in [0.15, 0.2) is 42.5 Å². The van der Waals surface area contributed by atoms with Gasteiger partial charge < -0.3 is 19.7 Å². The number of nitrogens with one attached hydrogen (secondary N) is 1. The summed E-state index contributed by atoms with van der Waals surface area (Å²) in [6, 6.07) is 12.2. The van der Waals surface area contributed by atoms with Gasteiger partial charge >= 0.3 is 12.0 Å². The van der Waals surface area contributed by atoms with Gasteiger partial charge in [0.2, 0.25) is 0 Å². The van der Waals surface area contributed by atoms with Gasteiger partial charge in [0.05, 0.1) is 25.8 Å².